The van der Waals surface area contributed by atoms with Gasteiger partial charge in [-0.3, -0.25) is 0 Å². The molecule has 4 rings (SSSR count). The number of carbonyl (C=O) groups is 1. The van der Waals surface area contributed by atoms with E-state index < -0.39 is 0 Å². The first-order chi connectivity index (χ1) is 12.7. The number of rotatable bonds is 6. The molecule has 0 radical (unpaired) electrons. The molecular weight excluding hydrogens is 347 g/mol. The Morgan fingerprint density at radius 2 is 1.88 bits per heavy atom. The minimum absolute atomic E-state index is 0.0159. The van der Waals surface area contributed by atoms with Gasteiger partial charge in [0.05, 0.1) is 6.04 Å². The summed E-state index contributed by atoms with van der Waals surface area (Å²) in [4.78, 5) is 16.3. The first-order valence-electron chi connectivity index (χ1n) is 9.55. The Morgan fingerprint density at radius 1 is 1.15 bits per heavy atom. The summed E-state index contributed by atoms with van der Waals surface area (Å²) < 4.78 is 13.2. The summed E-state index contributed by atoms with van der Waals surface area (Å²) in [6, 6.07) is 11.1. The molecular formula is C21H25FN2OS. The van der Waals surface area contributed by atoms with Gasteiger partial charge in [0.15, 0.2) is 0 Å². The second-order valence-corrected chi connectivity index (χ2v) is 8.45. The summed E-state index contributed by atoms with van der Waals surface area (Å²) in [5.41, 5.74) is 0.974. The van der Waals surface area contributed by atoms with Crippen LogP contribution in [0.3, 0.4) is 0 Å². The quantitative estimate of drug-likeness (QED) is 0.714. The van der Waals surface area contributed by atoms with Crippen molar-refractivity contribution in [2.75, 3.05) is 0 Å². The SMILES string of the molecule is O=C(NC(c1cccs1)C1CCCC1)N(Cc1ccc(F)cc1)C1CC1. The van der Waals surface area contributed by atoms with Gasteiger partial charge in [-0.25, -0.2) is 9.18 Å². The van der Waals surface area contributed by atoms with Gasteiger partial charge >= 0.3 is 6.03 Å². The molecule has 2 aliphatic rings. The summed E-state index contributed by atoms with van der Waals surface area (Å²) in [5.74, 6) is 0.291. The van der Waals surface area contributed by atoms with E-state index in [4.69, 9.17) is 0 Å². The van der Waals surface area contributed by atoms with Crippen molar-refractivity contribution in [2.24, 2.45) is 5.92 Å². The summed E-state index contributed by atoms with van der Waals surface area (Å²) in [7, 11) is 0. The second kappa shape index (κ2) is 7.78. The lowest BCUT2D eigenvalue weighted by Crippen LogP contribution is -2.43. The van der Waals surface area contributed by atoms with Gasteiger partial charge in [0.1, 0.15) is 5.82 Å². The molecule has 2 saturated carbocycles. The summed E-state index contributed by atoms with van der Waals surface area (Å²) in [6.07, 6.45) is 6.99. The fourth-order valence-corrected chi connectivity index (χ4v) is 4.81. The Hall–Kier alpha value is -1.88. The van der Waals surface area contributed by atoms with Crippen molar-refractivity contribution in [3.63, 3.8) is 0 Å². The molecule has 1 heterocycles. The van der Waals surface area contributed by atoms with Gasteiger partial charge in [0, 0.05) is 17.5 Å². The number of thiophene rings is 1. The molecule has 3 nitrogen and oxygen atoms in total. The molecule has 2 aliphatic carbocycles. The van der Waals surface area contributed by atoms with Crippen LogP contribution in [-0.2, 0) is 6.54 Å². The van der Waals surface area contributed by atoms with Gasteiger partial charge in [0.25, 0.3) is 0 Å². The lowest BCUT2D eigenvalue weighted by atomic mass is 9.97. The van der Waals surface area contributed by atoms with E-state index in [1.165, 1.54) is 42.7 Å². The van der Waals surface area contributed by atoms with Gasteiger partial charge in [-0.15, -0.1) is 11.3 Å². The van der Waals surface area contributed by atoms with Crippen LogP contribution in [0.2, 0.25) is 0 Å². The number of halogens is 1. The van der Waals surface area contributed by atoms with Crippen LogP contribution in [0.1, 0.15) is 55.0 Å². The predicted octanol–water partition coefficient (Wildman–Crippen LogP) is 5.49. The van der Waals surface area contributed by atoms with Crippen molar-refractivity contribution in [2.45, 2.75) is 57.2 Å². The maximum Gasteiger partial charge on any atom is 0.318 e. The van der Waals surface area contributed by atoms with Crippen molar-refractivity contribution in [3.8, 4) is 0 Å². The Morgan fingerprint density at radius 3 is 2.50 bits per heavy atom. The molecule has 2 amide bonds. The standard InChI is InChI=1S/C21H25FN2OS/c22-17-9-7-15(8-10-17)14-24(18-11-12-18)21(25)23-20(16-4-1-2-5-16)19-6-3-13-26-19/h3,6-10,13,16,18,20H,1-2,4-5,11-12,14H2,(H,23,25). The second-order valence-electron chi connectivity index (χ2n) is 7.47. The molecule has 2 fully saturated rings. The molecule has 0 spiro atoms. The summed E-state index contributed by atoms with van der Waals surface area (Å²) in [5, 5.41) is 5.42. The number of benzene rings is 1. The Balaban J connectivity index is 1.48. The number of nitrogens with zero attached hydrogens (tertiary/aromatic N) is 1. The molecule has 1 N–H and O–H groups in total. The molecule has 26 heavy (non-hydrogen) atoms. The Labute approximate surface area is 158 Å². The van der Waals surface area contributed by atoms with E-state index >= 15 is 0 Å². The van der Waals surface area contributed by atoms with Crippen LogP contribution in [0.25, 0.3) is 0 Å². The van der Waals surface area contributed by atoms with E-state index in [1.807, 2.05) is 4.90 Å². The topological polar surface area (TPSA) is 32.3 Å². The van der Waals surface area contributed by atoms with Gasteiger partial charge in [-0.1, -0.05) is 31.0 Å². The molecule has 5 heteroatoms. The lowest BCUT2D eigenvalue weighted by Gasteiger charge is -2.29. The average Bonchev–Trinajstić information content (AvgIpc) is 3.12. The van der Waals surface area contributed by atoms with Gasteiger partial charge in [-0.05, 0) is 60.7 Å². The van der Waals surface area contributed by atoms with Crippen molar-refractivity contribution < 1.29 is 9.18 Å². The van der Waals surface area contributed by atoms with E-state index in [1.54, 1.807) is 23.5 Å². The average molecular weight is 373 g/mol. The fourth-order valence-electron chi connectivity index (χ4n) is 3.94. The molecule has 0 aliphatic heterocycles. The molecule has 1 aromatic carbocycles. The van der Waals surface area contributed by atoms with Crippen LogP contribution in [0.15, 0.2) is 41.8 Å². The minimum Gasteiger partial charge on any atom is -0.330 e. The third-order valence-corrected chi connectivity index (χ3v) is 6.47. The van der Waals surface area contributed by atoms with Crippen LogP contribution < -0.4 is 5.32 Å². The third kappa shape index (κ3) is 4.09. The Bertz CT molecular complexity index is 721. The van der Waals surface area contributed by atoms with E-state index in [9.17, 15) is 9.18 Å². The Kier molecular flexibility index (Phi) is 5.25. The number of hydrogen-bond donors (Lipinski definition) is 1. The van der Waals surface area contributed by atoms with E-state index in [0.717, 1.165) is 18.4 Å². The number of nitrogens with one attached hydrogen (secondary N) is 1. The van der Waals surface area contributed by atoms with Crippen LogP contribution in [0.4, 0.5) is 9.18 Å². The number of hydrogen-bond acceptors (Lipinski definition) is 2. The lowest BCUT2D eigenvalue weighted by molar-refractivity contribution is 0.183. The molecule has 1 unspecified atom stereocenters. The van der Waals surface area contributed by atoms with E-state index in [-0.39, 0.29) is 17.9 Å². The van der Waals surface area contributed by atoms with Crippen molar-refractivity contribution in [1.29, 1.82) is 0 Å². The van der Waals surface area contributed by atoms with Crippen molar-refractivity contribution >= 4 is 17.4 Å². The highest BCUT2D eigenvalue weighted by atomic mass is 32.1. The maximum absolute atomic E-state index is 13.2. The maximum atomic E-state index is 13.2. The third-order valence-electron chi connectivity index (χ3n) is 5.51. The zero-order chi connectivity index (χ0) is 17.9. The van der Waals surface area contributed by atoms with Gasteiger partial charge in [0.2, 0.25) is 0 Å². The zero-order valence-electron chi connectivity index (χ0n) is 14.9. The highest BCUT2D eigenvalue weighted by molar-refractivity contribution is 7.10. The van der Waals surface area contributed by atoms with Gasteiger partial charge in [-0.2, -0.15) is 0 Å². The minimum atomic E-state index is -0.241. The van der Waals surface area contributed by atoms with Crippen LogP contribution in [0.5, 0.6) is 0 Å². The summed E-state index contributed by atoms with van der Waals surface area (Å²) in [6.45, 7) is 0.540. The first-order valence-corrected chi connectivity index (χ1v) is 10.4. The highest BCUT2D eigenvalue weighted by Crippen LogP contribution is 2.38. The predicted molar refractivity (Wildman–Crippen MR) is 103 cm³/mol. The van der Waals surface area contributed by atoms with E-state index in [2.05, 4.69) is 22.8 Å². The normalized spacial score (nSPS) is 18.7. The zero-order valence-corrected chi connectivity index (χ0v) is 15.7. The number of urea groups is 1. The van der Waals surface area contributed by atoms with E-state index in [0.29, 0.717) is 18.5 Å². The molecule has 138 valence electrons. The number of amides is 2. The fraction of sp³-hybridized carbons (Fsp3) is 0.476. The summed E-state index contributed by atoms with van der Waals surface area (Å²) >= 11 is 1.73. The van der Waals surface area contributed by atoms with Gasteiger partial charge < -0.3 is 10.2 Å². The molecule has 1 atom stereocenters. The molecule has 2 aromatic rings. The largest absolute Gasteiger partial charge is 0.330 e. The van der Waals surface area contributed by atoms with Crippen LogP contribution in [-0.4, -0.2) is 17.0 Å². The molecule has 1 aromatic heterocycles. The smallest absolute Gasteiger partial charge is 0.318 e. The molecule has 0 bridgehead atoms. The number of carbonyl (C=O) groups excluding carboxylic acids is 1. The molecule has 0 saturated heterocycles. The first kappa shape index (κ1) is 17.5. The monoisotopic (exact) mass is 372 g/mol. The van der Waals surface area contributed by atoms with Crippen molar-refractivity contribution in [1.82, 2.24) is 10.2 Å². The van der Waals surface area contributed by atoms with Crippen LogP contribution in [0, 0.1) is 11.7 Å². The van der Waals surface area contributed by atoms with Crippen LogP contribution >= 0.6 is 11.3 Å². The van der Waals surface area contributed by atoms with Crippen molar-refractivity contribution in [3.05, 3.63) is 58.0 Å². The highest BCUT2D eigenvalue weighted by Gasteiger charge is 2.35.